The van der Waals surface area contributed by atoms with Crippen molar-refractivity contribution in [3.05, 3.63) is 17.7 Å². The van der Waals surface area contributed by atoms with E-state index in [4.69, 9.17) is 0 Å². The van der Waals surface area contributed by atoms with Crippen molar-refractivity contribution >= 4 is 6.29 Å². The van der Waals surface area contributed by atoms with Gasteiger partial charge in [-0.2, -0.15) is 0 Å². The zero-order valence-electron chi connectivity index (χ0n) is 5.61. The lowest BCUT2D eigenvalue weighted by atomic mass is 10.3. The number of hydrogen-bond donors (Lipinski definition) is 0. The molecule has 4 heteroatoms. The van der Waals surface area contributed by atoms with Crippen molar-refractivity contribution in [3.8, 4) is 0 Å². The molecule has 0 aliphatic rings. The fourth-order valence-corrected chi connectivity index (χ4v) is 0.671. The van der Waals surface area contributed by atoms with Crippen molar-refractivity contribution in [2.75, 3.05) is 0 Å². The van der Waals surface area contributed by atoms with E-state index in [-0.39, 0.29) is 0 Å². The summed E-state index contributed by atoms with van der Waals surface area (Å²) in [7, 11) is 0. The van der Waals surface area contributed by atoms with E-state index in [1.165, 1.54) is 6.33 Å². The van der Waals surface area contributed by atoms with Crippen molar-refractivity contribution in [3.63, 3.8) is 0 Å². The molecule has 1 aromatic heterocycles. The Morgan fingerprint density at radius 3 is 3.00 bits per heavy atom. The highest BCUT2D eigenvalue weighted by Gasteiger charge is 1.99. The lowest BCUT2D eigenvalue weighted by molar-refractivity contribution is 0.111. The second-order valence-electron chi connectivity index (χ2n) is 1.76. The van der Waals surface area contributed by atoms with Crippen LogP contribution < -0.4 is 0 Å². The first-order chi connectivity index (χ1) is 4.88. The van der Waals surface area contributed by atoms with Crippen molar-refractivity contribution in [2.45, 2.75) is 13.3 Å². The summed E-state index contributed by atoms with van der Waals surface area (Å²) in [6.07, 6.45) is 2.72. The number of aromatic nitrogens is 3. The largest absolute Gasteiger partial charge is 0.296 e. The molecule has 0 aliphatic carbocycles. The minimum atomic E-state index is 0.338. The molecule has 0 N–H and O–H groups in total. The lowest BCUT2D eigenvalue weighted by Crippen LogP contribution is -1.99. The number of hydrogen-bond acceptors (Lipinski definition) is 4. The average molecular weight is 137 g/mol. The van der Waals surface area contributed by atoms with Crippen LogP contribution in [0.1, 0.15) is 23.1 Å². The molecule has 0 atom stereocenters. The highest BCUT2D eigenvalue weighted by atomic mass is 16.1. The molecule has 0 aromatic carbocycles. The maximum atomic E-state index is 10.2. The highest BCUT2D eigenvalue weighted by molar-refractivity contribution is 5.72. The molecule has 0 radical (unpaired) electrons. The van der Waals surface area contributed by atoms with Gasteiger partial charge in [0.15, 0.2) is 6.29 Å². The molecule has 0 saturated carbocycles. The molecule has 1 aromatic rings. The van der Waals surface area contributed by atoms with Gasteiger partial charge in [0.25, 0.3) is 0 Å². The summed E-state index contributed by atoms with van der Waals surface area (Å²) in [5, 5.41) is 7.06. The SMILES string of the molecule is CCc1ncnnc1C=O. The van der Waals surface area contributed by atoms with E-state index in [9.17, 15) is 4.79 Å². The molecule has 1 heterocycles. The molecule has 0 saturated heterocycles. The first-order valence-corrected chi connectivity index (χ1v) is 3.00. The predicted octanol–water partition coefficient (Wildman–Crippen LogP) is 0.246. The lowest BCUT2D eigenvalue weighted by Gasteiger charge is -1.93. The van der Waals surface area contributed by atoms with Crippen LogP contribution in [0, 0.1) is 0 Å². The Balaban J connectivity index is 3.08. The number of aldehydes is 1. The van der Waals surface area contributed by atoms with Crippen molar-refractivity contribution < 1.29 is 4.79 Å². The van der Waals surface area contributed by atoms with Gasteiger partial charge < -0.3 is 0 Å². The van der Waals surface area contributed by atoms with Gasteiger partial charge >= 0.3 is 0 Å². The predicted molar refractivity (Wildman–Crippen MR) is 34.6 cm³/mol. The molecule has 0 aliphatic heterocycles. The summed E-state index contributed by atoms with van der Waals surface area (Å²) in [5.74, 6) is 0. The van der Waals surface area contributed by atoms with E-state index in [0.717, 1.165) is 0 Å². The second kappa shape index (κ2) is 3.00. The highest BCUT2D eigenvalue weighted by Crippen LogP contribution is 1.95. The fraction of sp³-hybridized carbons (Fsp3) is 0.333. The van der Waals surface area contributed by atoms with Gasteiger partial charge in [-0.15, -0.1) is 10.2 Å². The zero-order valence-corrected chi connectivity index (χ0v) is 5.61. The van der Waals surface area contributed by atoms with Crippen LogP contribution in [0.15, 0.2) is 6.33 Å². The van der Waals surface area contributed by atoms with Gasteiger partial charge in [-0.05, 0) is 6.42 Å². The standard InChI is InChI=1S/C6H7N3O/c1-2-5-6(3-10)9-8-4-7-5/h3-4H,2H2,1H3. The molecule has 0 fully saturated rings. The molecule has 1 rings (SSSR count). The van der Waals surface area contributed by atoms with Crippen molar-refractivity contribution in [1.29, 1.82) is 0 Å². The Bertz CT molecular complexity index is 236. The topological polar surface area (TPSA) is 55.7 Å². The van der Waals surface area contributed by atoms with Crippen molar-refractivity contribution in [2.24, 2.45) is 0 Å². The van der Waals surface area contributed by atoms with Gasteiger partial charge in [0, 0.05) is 0 Å². The van der Waals surface area contributed by atoms with E-state index in [1.807, 2.05) is 6.92 Å². The first-order valence-electron chi connectivity index (χ1n) is 3.00. The molecule has 0 spiro atoms. The summed E-state index contributed by atoms with van der Waals surface area (Å²) >= 11 is 0. The maximum Gasteiger partial charge on any atom is 0.172 e. The Labute approximate surface area is 58.3 Å². The fourth-order valence-electron chi connectivity index (χ4n) is 0.671. The third-order valence-corrected chi connectivity index (χ3v) is 1.17. The van der Waals surface area contributed by atoms with Crippen molar-refractivity contribution in [1.82, 2.24) is 15.2 Å². The normalized spacial score (nSPS) is 9.30. The summed E-state index contributed by atoms with van der Waals surface area (Å²) in [6.45, 7) is 1.91. The molecule has 0 unspecified atom stereocenters. The Kier molecular flexibility index (Phi) is 2.04. The minimum Gasteiger partial charge on any atom is -0.296 e. The van der Waals surface area contributed by atoms with Gasteiger partial charge in [0.1, 0.15) is 12.0 Å². The van der Waals surface area contributed by atoms with Crippen LogP contribution in [0.5, 0.6) is 0 Å². The molecule has 52 valence electrons. The third kappa shape index (κ3) is 1.15. The second-order valence-corrected chi connectivity index (χ2v) is 1.76. The summed E-state index contributed by atoms with van der Waals surface area (Å²) in [6, 6.07) is 0. The number of carbonyl (C=O) groups excluding carboxylic acids is 1. The number of nitrogens with zero attached hydrogens (tertiary/aromatic N) is 3. The van der Waals surface area contributed by atoms with E-state index in [1.54, 1.807) is 0 Å². The first kappa shape index (κ1) is 6.80. The smallest absolute Gasteiger partial charge is 0.172 e. The molecule has 0 bridgehead atoms. The van der Waals surface area contributed by atoms with Crippen LogP contribution in [0.3, 0.4) is 0 Å². The van der Waals surface area contributed by atoms with E-state index in [0.29, 0.717) is 24.1 Å². The molecule has 4 nitrogen and oxygen atoms in total. The Hall–Kier alpha value is -1.32. The number of aryl methyl sites for hydroxylation is 1. The van der Waals surface area contributed by atoms with Crippen LogP contribution in [0.4, 0.5) is 0 Å². The molecule has 10 heavy (non-hydrogen) atoms. The van der Waals surface area contributed by atoms with Crippen LogP contribution in [0.25, 0.3) is 0 Å². The third-order valence-electron chi connectivity index (χ3n) is 1.17. The quantitative estimate of drug-likeness (QED) is 0.548. The van der Waals surface area contributed by atoms with Gasteiger partial charge in [0.05, 0.1) is 5.69 Å². The van der Waals surface area contributed by atoms with Crippen LogP contribution in [-0.2, 0) is 6.42 Å². The number of carbonyl (C=O) groups is 1. The summed E-state index contributed by atoms with van der Waals surface area (Å²) in [5.41, 5.74) is 1.04. The van der Waals surface area contributed by atoms with Gasteiger partial charge in [-0.3, -0.25) is 4.79 Å². The van der Waals surface area contributed by atoms with Crippen LogP contribution >= 0.6 is 0 Å². The summed E-state index contributed by atoms with van der Waals surface area (Å²) in [4.78, 5) is 14.1. The zero-order chi connectivity index (χ0) is 7.40. The van der Waals surface area contributed by atoms with Gasteiger partial charge in [-0.25, -0.2) is 4.98 Å². The number of rotatable bonds is 2. The van der Waals surface area contributed by atoms with Gasteiger partial charge in [0.2, 0.25) is 0 Å². The average Bonchev–Trinajstić information content (AvgIpc) is 2.04. The van der Waals surface area contributed by atoms with Gasteiger partial charge in [-0.1, -0.05) is 6.92 Å². The summed E-state index contributed by atoms with van der Waals surface area (Å²) < 4.78 is 0. The molecule has 0 amide bonds. The minimum absolute atomic E-state index is 0.338. The molecular weight excluding hydrogens is 130 g/mol. The molecular formula is C6H7N3O. The van der Waals surface area contributed by atoms with E-state index in [2.05, 4.69) is 15.2 Å². The van der Waals surface area contributed by atoms with E-state index >= 15 is 0 Å². The van der Waals surface area contributed by atoms with Crippen LogP contribution in [-0.4, -0.2) is 21.5 Å². The van der Waals surface area contributed by atoms with E-state index < -0.39 is 0 Å². The Morgan fingerprint density at radius 1 is 1.70 bits per heavy atom. The monoisotopic (exact) mass is 137 g/mol. The Morgan fingerprint density at radius 2 is 2.50 bits per heavy atom. The maximum absolute atomic E-state index is 10.2. The van der Waals surface area contributed by atoms with Crippen LogP contribution in [0.2, 0.25) is 0 Å².